The summed E-state index contributed by atoms with van der Waals surface area (Å²) in [4.78, 5) is 11.4. The molecule has 1 spiro atoms. The molecular formula is C28H38O5. The molecule has 2 heterocycles. The molecule has 33 heavy (non-hydrogen) atoms. The van der Waals surface area contributed by atoms with Gasteiger partial charge in [0.15, 0.2) is 12.1 Å². The van der Waals surface area contributed by atoms with Gasteiger partial charge in [0.05, 0.1) is 19.8 Å². The number of aryl methyl sites for hydroxylation is 1. The minimum atomic E-state index is -0.403. The SMILES string of the molecule is C[C@]12C[C@H](CCC=O)C3c4ccc(OC5CCCCO5)cc4CCC3C1CCC21OCCO1. The Morgan fingerprint density at radius 1 is 1.12 bits per heavy atom. The Morgan fingerprint density at radius 2 is 2.00 bits per heavy atom. The molecule has 2 aliphatic heterocycles. The Kier molecular flexibility index (Phi) is 5.79. The Balaban J connectivity index is 1.30. The summed E-state index contributed by atoms with van der Waals surface area (Å²) in [6.45, 7) is 4.65. The summed E-state index contributed by atoms with van der Waals surface area (Å²) >= 11 is 0. The summed E-state index contributed by atoms with van der Waals surface area (Å²) in [5.41, 5.74) is 2.97. The van der Waals surface area contributed by atoms with Gasteiger partial charge in [0, 0.05) is 24.7 Å². The van der Waals surface area contributed by atoms with Crippen LogP contribution < -0.4 is 4.74 Å². The number of aldehydes is 1. The number of hydrogen-bond donors (Lipinski definition) is 0. The van der Waals surface area contributed by atoms with Gasteiger partial charge in [-0.2, -0.15) is 0 Å². The predicted octanol–water partition coefficient (Wildman–Crippen LogP) is 5.40. The van der Waals surface area contributed by atoms with E-state index in [9.17, 15) is 4.79 Å². The van der Waals surface area contributed by atoms with Gasteiger partial charge in [-0.1, -0.05) is 13.0 Å². The Morgan fingerprint density at radius 3 is 2.79 bits per heavy atom. The summed E-state index contributed by atoms with van der Waals surface area (Å²) in [5, 5.41) is 0. The van der Waals surface area contributed by atoms with E-state index >= 15 is 0 Å². The lowest BCUT2D eigenvalue weighted by atomic mass is 9.50. The predicted molar refractivity (Wildman–Crippen MR) is 124 cm³/mol. The number of hydrogen-bond acceptors (Lipinski definition) is 5. The maximum Gasteiger partial charge on any atom is 0.199 e. The van der Waals surface area contributed by atoms with E-state index in [1.165, 1.54) is 30.4 Å². The molecular weight excluding hydrogens is 416 g/mol. The van der Waals surface area contributed by atoms with Crippen LogP contribution in [-0.2, 0) is 25.4 Å². The number of carbonyl (C=O) groups excluding carboxylic acids is 1. The average Bonchev–Trinajstić information content (AvgIpc) is 3.43. The molecule has 0 aromatic heterocycles. The molecule has 3 aliphatic carbocycles. The van der Waals surface area contributed by atoms with Crippen molar-refractivity contribution in [3.8, 4) is 5.75 Å². The van der Waals surface area contributed by atoms with Crippen molar-refractivity contribution in [2.24, 2.45) is 23.2 Å². The summed E-state index contributed by atoms with van der Waals surface area (Å²) in [6, 6.07) is 6.75. The van der Waals surface area contributed by atoms with Crippen LogP contribution in [0.3, 0.4) is 0 Å². The topological polar surface area (TPSA) is 54.0 Å². The molecule has 0 amide bonds. The maximum absolute atomic E-state index is 11.4. The normalized spacial score (nSPS) is 39.0. The molecule has 1 aromatic rings. The number of ether oxygens (including phenoxy) is 4. The zero-order chi connectivity index (χ0) is 22.5. The third-order valence-electron chi connectivity index (χ3n) is 9.68. The van der Waals surface area contributed by atoms with Gasteiger partial charge >= 0.3 is 0 Å². The molecule has 5 nitrogen and oxygen atoms in total. The standard InChI is InChI=1S/C28H38O5/c1-27-18-20(5-4-13-29)26-22-10-8-21(33-25-6-2-3-14-30-25)17-19(22)7-9-23(26)24(27)11-12-28(27)31-15-16-32-28/h8,10,13,17,20,23-26H,2-7,9,11-12,14-16,18H2,1H3/t20-,23?,24?,25?,26?,27-/m0/s1. The first kappa shape index (κ1) is 22.1. The highest BCUT2D eigenvalue weighted by atomic mass is 16.7. The smallest absolute Gasteiger partial charge is 0.199 e. The van der Waals surface area contributed by atoms with Crippen molar-refractivity contribution in [1.82, 2.24) is 0 Å². The average molecular weight is 455 g/mol. The molecule has 5 aliphatic rings. The molecule has 4 fully saturated rings. The zero-order valence-corrected chi connectivity index (χ0v) is 19.9. The number of rotatable bonds is 5. The van der Waals surface area contributed by atoms with Crippen LogP contribution in [0.15, 0.2) is 18.2 Å². The van der Waals surface area contributed by atoms with Crippen LogP contribution in [0.25, 0.3) is 0 Å². The lowest BCUT2D eigenvalue weighted by Gasteiger charge is -2.56. The Bertz CT molecular complexity index is 871. The third-order valence-corrected chi connectivity index (χ3v) is 9.68. The van der Waals surface area contributed by atoms with Crippen molar-refractivity contribution < 1.29 is 23.7 Å². The molecule has 6 atom stereocenters. The highest BCUT2D eigenvalue weighted by Crippen LogP contribution is 2.68. The van der Waals surface area contributed by atoms with E-state index in [1.54, 1.807) is 0 Å². The van der Waals surface area contributed by atoms with Crippen molar-refractivity contribution in [3.63, 3.8) is 0 Å². The summed E-state index contributed by atoms with van der Waals surface area (Å²) in [6.07, 6.45) is 11.4. The maximum atomic E-state index is 11.4. The molecule has 180 valence electrons. The van der Waals surface area contributed by atoms with E-state index in [1.807, 2.05) is 0 Å². The number of fused-ring (bicyclic) bond motifs is 6. The van der Waals surface area contributed by atoms with Crippen molar-refractivity contribution in [2.45, 2.75) is 89.1 Å². The van der Waals surface area contributed by atoms with Crippen molar-refractivity contribution in [2.75, 3.05) is 19.8 Å². The molecule has 6 rings (SSSR count). The van der Waals surface area contributed by atoms with Crippen LogP contribution in [0.2, 0.25) is 0 Å². The number of carbonyl (C=O) groups is 1. The fraction of sp³-hybridized carbons (Fsp3) is 0.750. The van der Waals surface area contributed by atoms with Crippen molar-refractivity contribution >= 4 is 6.29 Å². The molecule has 1 aromatic carbocycles. The highest BCUT2D eigenvalue weighted by molar-refractivity contribution is 5.49. The zero-order valence-electron chi connectivity index (χ0n) is 19.9. The summed E-state index contributed by atoms with van der Waals surface area (Å²) in [7, 11) is 0. The van der Waals surface area contributed by atoms with E-state index in [-0.39, 0.29) is 11.7 Å². The first-order valence-electron chi connectivity index (χ1n) is 13.3. The van der Waals surface area contributed by atoms with Gasteiger partial charge in [-0.05, 0) is 91.9 Å². The first-order chi connectivity index (χ1) is 16.1. The van der Waals surface area contributed by atoms with Gasteiger partial charge < -0.3 is 23.7 Å². The van der Waals surface area contributed by atoms with Gasteiger partial charge in [0.2, 0.25) is 0 Å². The highest BCUT2D eigenvalue weighted by Gasteiger charge is 2.66. The second-order valence-electron chi connectivity index (χ2n) is 11.2. The fourth-order valence-electron chi connectivity index (χ4n) is 8.33. The quantitative estimate of drug-likeness (QED) is 0.558. The molecule has 2 saturated heterocycles. The van der Waals surface area contributed by atoms with E-state index < -0.39 is 5.79 Å². The monoisotopic (exact) mass is 454 g/mol. The van der Waals surface area contributed by atoms with Crippen LogP contribution >= 0.6 is 0 Å². The van der Waals surface area contributed by atoms with Crippen LogP contribution in [0, 0.1) is 23.2 Å². The summed E-state index contributed by atoms with van der Waals surface area (Å²) < 4.78 is 24.7. The van der Waals surface area contributed by atoms with Crippen LogP contribution in [-0.4, -0.2) is 38.2 Å². The molecule has 4 unspecified atom stereocenters. The minimum Gasteiger partial charge on any atom is -0.465 e. The van der Waals surface area contributed by atoms with E-state index in [0.29, 0.717) is 43.3 Å². The lowest BCUT2D eigenvalue weighted by molar-refractivity contribution is -0.242. The Labute approximate surface area is 197 Å². The van der Waals surface area contributed by atoms with E-state index in [4.69, 9.17) is 18.9 Å². The molecule has 0 radical (unpaired) electrons. The van der Waals surface area contributed by atoms with Gasteiger partial charge in [0.1, 0.15) is 12.0 Å². The van der Waals surface area contributed by atoms with Gasteiger partial charge in [0.25, 0.3) is 0 Å². The second kappa shape index (κ2) is 8.66. The largest absolute Gasteiger partial charge is 0.465 e. The molecule has 2 saturated carbocycles. The summed E-state index contributed by atoms with van der Waals surface area (Å²) in [5.74, 6) is 2.79. The van der Waals surface area contributed by atoms with Gasteiger partial charge in [-0.3, -0.25) is 0 Å². The number of benzene rings is 1. The van der Waals surface area contributed by atoms with Crippen LogP contribution in [0.5, 0.6) is 5.75 Å². The van der Waals surface area contributed by atoms with Crippen molar-refractivity contribution in [1.29, 1.82) is 0 Å². The molecule has 5 heteroatoms. The van der Waals surface area contributed by atoms with Gasteiger partial charge in [-0.15, -0.1) is 0 Å². The fourth-order valence-corrected chi connectivity index (χ4v) is 8.33. The molecule has 0 bridgehead atoms. The van der Waals surface area contributed by atoms with E-state index in [2.05, 4.69) is 25.1 Å². The minimum absolute atomic E-state index is 0.0388. The van der Waals surface area contributed by atoms with Crippen LogP contribution in [0.4, 0.5) is 0 Å². The van der Waals surface area contributed by atoms with Gasteiger partial charge in [-0.25, -0.2) is 0 Å². The Hall–Kier alpha value is -1.43. The van der Waals surface area contributed by atoms with Crippen LogP contribution in [0.1, 0.15) is 81.8 Å². The van der Waals surface area contributed by atoms with Crippen molar-refractivity contribution in [3.05, 3.63) is 29.3 Å². The lowest BCUT2D eigenvalue weighted by Crippen LogP contribution is -2.54. The molecule has 0 N–H and O–H groups in total. The third kappa shape index (κ3) is 3.57. The van der Waals surface area contributed by atoms with E-state index in [0.717, 1.165) is 57.2 Å². The first-order valence-corrected chi connectivity index (χ1v) is 13.3. The second-order valence-corrected chi connectivity index (χ2v) is 11.2.